The minimum Gasteiger partial charge on any atom is -0.494 e. The first-order valence-corrected chi connectivity index (χ1v) is 11.4. The largest absolute Gasteiger partial charge is 0.494 e. The molecule has 1 aliphatic heterocycles. The van der Waals surface area contributed by atoms with E-state index in [1.807, 2.05) is 19.1 Å². The second-order valence-electron chi connectivity index (χ2n) is 9.32. The van der Waals surface area contributed by atoms with E-state index in [1.165, 1.54) is 13.2 Å². The molecule has 2 aromatic rings. The third-order valence-corrected chi connectivity index (χ3v) is 6.98. The maximum atomic E-state index is 13.5. The van der Waals surface area contributed by atoms with Gasteiger partial charge in [-0.1, -0.05) is 31.2 Å². The summed E-state index contributed by atoms with van der Waals surface area (Å²) in [6.45, 7) is 2.81. The van der Waals surface area contributed by atoms with Crippen LogP contribution < -0.4 is 15.4 Å². The van der Waals surface area contributed by atoms with Gasteiger partial charge in [0.2, 0.25) is 0 Å². The van der Waals surface area contributed by atoms with Gasteiger partial charge in [-0.2, -0.15) is 13.2 Å². The van der Waals surface area contributed by atoms with Crippen LogP contribution in [0.25, 0.3) is 0 Å². The van der Waals surface area contributed by atoms with Gasteiger partial charge in [0.15, 0.2) is 6.10 Å². The van der Waals surface area contributed by atoms with Crippen LogP contribution in [0, 0.1) is 0 Å². The molecule has 1 saturated heterocycles. The zero-order valence-corrected chi connectivity index (χ0v) is 19.5. The molecular weight excluding hydrogens is 465 g/mol. The van der Waals surface area contributed by atoms with Crippen LogP contribution >= 0.6 is 0 Å². The van der Waals surface area contributed by atoms with Crippen molar-refractivity contribution in [3.8, 4) is 5.75 Å². The lowest BCUT2D eigenvalue weighted by atomic mass is 9.75. The Morgan fingerprint density at radius 3 is 2.54 bits per heavy atom. The van der Waals surface area contributed by atoms with Gasteiger partial charge in [-0.15, -0.1) is 0 Å². The molecule has 3 atom stereocenters. The summed E-state index contributed by atoms with van der Waals surface area (Å²) in [6, 6.07) is 8.85. The predicted molar refractivity (Wildman–Crippen MR) is 122 cm³/mol. The average molecular weight is 495 g/mol. The van der Waals surface area contributed by atoms with Crippen LogP contribution in [0.4, 0.5) is 23.7 Å². The zero-order valence-electron chi connectivity index (χ0n) is 19.5. The Morgan fingerprint density at radius 2 is 1.91 bits per heavy atom. The monoisotopic (exact) mass is 494 g/mol. The lowest BCUT2D eigenvalue weighted by Gasteiger charge is -2.35. The molecule has 1 aliphatic carbocycles. The maximum absolute atomic E-state index is 13.5. The number of benzene rings is 2. The topological polar surface area (TPSA) is 100 Å². The van der Waals surface area contributed by atoms with Gasteiger partial charge in [0.1, 0.15) is 5.75 Å². The molecular formula is C25H29F3N2O5. The summed E-state index contributed by atoms with van der Waals surface area (Å²) in [5.41, 5.74) is 1.17. The molecule has 0 radical (unpaired) electrons. The van der Waals surface area contributed by atoms with Crippen molar-refractivity contribution in [2.45, 2.75) is 56.0 Å². The van der Waals surface area contributed by atoms with Crippen LogP contribution in [-0.4, -0.2) is 48.8 Å². The summed E-state index contributed by atoms with van der Waals surface area (Å²) in [6.07, 6.45) is -7.08. The van der Waals surface area contributed by atoms with Gasteiger partial charge in [0.05, 0.1) is 24.9 Å². The molecule has 2 aromatic carbocycles. The quantitative estimate of drug-likeness (QED) is 0.501. The number of carbonyl (C=O) groups excluding carboxylic acids is 1. The van der Waals surface area contributed by atoms with Gasteiger partial charge in [0, 0.05) is 18.8 Å². The smallest absolute Gasteiger partial charge is 0.418 e. The van der Waals surface area contributed by atoms with E-state index < -0.39 is 41.4 Å². The average Bonchev–Trinajstić information content (AvgIpc) is 3.13. The first kappa shape index (κ1) is 25.3. The van der Waals surface area contributed by atoms with Gasteiger partial charge in [-0.25, -0.2) is 4.79 Å². The van der Waals surface area contributed by atoms with Gasteiger partial charge >= 0.3 is 12.2 Å². The standard InChI is InChI=1S/C25H29F3N2O5/c1-24(7-9-35-10-8-24)15-12-17(22(32)25(26,27)28)21(34-2)19(13-15)30-23(33)29-18-11-14-5-3-4-6-16(14)20(18)31/h3-6,12-13,18,20,22,31-32H,7-11H2,1-2H3,(H2,29,30,33)/t18-,20+,22?/m1/s1. The number of ether oxygens (including phenoxy) is 2. The SMILES string of the molecule is COc1c(NC(=O)N[C@@H]2Cc3ccccc3[C@@H]2O)cc(C2(C)CCOCC2)cc1C(O)C(F)(F)F. The Kier molecular flexibility index (Phi) is 6.99. The van der Waals surface area contributed by atoms with Crippen LogP contribution in [0.3, 0.4) is 0 Å². The molecule has 190 valence electrons. The normalized spacial score (nSPS) is 22.3. The summed E-state index contributed by atoms with van der Waals surface area (Å²) in [7, 11) is 1.18. The third kappa shape index (κ3) is 5.10. The number of fused-ring (bicyclic) bond motifs is 1. The van der Waals surface area contributed by atoms with E-state index >= 15 is 0 Å². The van der Waals surface area contributed by atoms with Crippen molar-refractivity contribution in [2.24, 2.45) is 0 Å². The molecule has 2 aliphatic rings. The number of methoxy groups -OCH3 is 1. The first-order chi connectivity index (χ1) is 16.5. The highest BCUT2D eigenvalue weighted by Crippen LogP contribution is 2.45. The highest BCUT2D eigenvalue weighted by molar-refractivity contribution is 5.92. The second-order valence-corrected chi connectivity index (χ2v) is 9.32. The number of aliphatic hydroxyl groups excluding tert-OH is 2. The number of urea groups is 1. The maximum Gasteiger partial charge on any atom is 0.418 e. The molecule has 1 fully saturated rings. The Bertz CT molecular complexity index is 1090. The summed E-state index contributed by atoms with van der Waals surface area (Å²) in [5, 5.41) is 26.0. The molecule has 4 N–H and O–H groups in total. The molecule has 10 heteroatoms. The van der Waals surface area contributed by atoms with E-state index in [2.05, 4.69) is 10.6 Å². The van der Waals surface area contributed by atoms with E-state index in [1.54, 1.807) is 18.2 Å². The van der Waals surface area contributed by atoms with E-state index in [0.29, 0.717) is 38.0 Å². The van der Waals surface area contributed by atoms with E-state index in [-0.39, 0.29) is 11.4 Å². The van der Waals surface area contributed by atoms with Crippen molar-refractivity contribution in [3.05, 3.63) is 58.7 Å². The fourth-order valence-electron chi connectivity index (χ4n) is 4.84. The Hall–Kier alpha value is -2.82. The first-order valence-electron chi connectivity index (χ1n) is 11.4. The van der Waals surface area contributed by atoms with Crippen molar-refractivity contribution in [2.75, 3.05) is 25.6 Å². The Morgan fingerprint density at radius 1 is 1.23 bits per heavy atom. The van der Waals surface area contributed by atoms with Crippen molar-refractivity contribution in [1.29, 1.82) is 0 Å². The van der Waals surface area contributed by atoms with Gasteiger partial charge in [0.25, 0.3) is 0 Å². The molecule has 7 nitrogen and oxygen atoms in total. The highest BCUT2D eigenvalue weighted by Gasteiger charge is 2.43. The van der Waals surface area contributed by atoms with Crippen molar-refractivity contribution in [3.63, 3.8) is 0 Å². The van der Waals surface area contributed by atoms with Crippen LogP contribution in [0.2, 0.25) is 0 Å². The van der Waals surface area contributed by atoms with Crippen LogP contribution in [0.1, 0.15) is 54.2 Å². The number of rotatable bonds is 5. The number of anilines is 1. The lowest BCUT2D eigenvalue weighted by Crippen LogP contribution is -2.40. The van der Waals surface area contributed by atoms with E-state index in [4.69, 9.17) is 9.47 Å². The molecule has 2 amide bonds. The van der Waals surface area contributed by atoms with Crippen LogP contribution in [0.5, 0.6) is 5.75 Å². The summed E-state index contributed by atoms with van der Waals surface area (Å²) in [5.74, 6) is -0.278. The fraction of sp³-hybridized carbons (Fsp3) is 0.480. The number of hydrogen-bond acceptors (Lipinski definition) is 5. The summed E-state index contributed by atoms with van der Waals surface area (Å²) < 4.78 is 51.2. The van der Waals surface area contributed by atoms with E-state index in [9.17, 15) is 28.2 Å². The van der Waals surface area contributed by atoms with Crippen molar-refractivity contribution >= 4 is 11.7 Å². The van der Waals surface area contributed by atoms with Crippen molar-refractivity contribution < 1.29 is 37.7 Å². The molecule has 0 aromatic heterocycles. The number of alkyl halides is 3. The fourth-order valence-corrected chi connectivity index (χ4v) is 4.84. The minimum atomic E-state index is -4.93. The molecule has 0 saturated carbocycles. The van der Waals surface area contributed by atoms with Crippen LogP contribution in [0.15, 0.2) is 36.4 Å². The van der Waals surface area contributed by atoms with Crippen LogP contribution in [-0.2, 0) is 16.6 Å². The van der Waals surface area contributed by atoms with Gasteiger partial charge in [-0.05, 0) is 53.5 Å². The third-order valence-electron chi connectivity index (χ3n) is 6.98. The minimum absolute atomic E-state index is 0.00137. The second kappa shape index (κ2) is 9.67. The van der Waals surface area contributed by atoms with Gasteiger partial charge in [-0.3, -0.25) is 0 Å². The molecule has 0 bridgehead atoms. The zero-order chi connectivity index (χ0) is 25.4. The number of halogens is 3. The molecule has 0 spiro atoms. The molecule has 1 unspecified atom stereocenters. The number of hydrogen-bond donors (Lipinski definition) is 4. The summed E-state index contributed by atoms with van der Waals surface area (Å²) in [4.78, 5) is 12.9. The Labute approximate surface area is 201 Å². The van der Waals surface area contributed by atoms with Crippen molar-refractivity contribution in [1.82, 2.24) is 5.32 Å². The molecule has 35 heavy (non-hydrogen) atoms. The Balaban J connectivity index is 1.65. The molecule has 1 heterocycles. The van der Waals surface area contributed by atoms with Gasteiger partial charge < -0.3 is 30.3 Å². The highest BCUT2D eigenvalue weighted by atomic mass is 19.4. The number of nitrogens with one attached hydrogen (secondary N) is 2. The number of carbonyl (C=O) groups is 1. The lowest BCUT2D eigenvalue weighted by molar-refractivity contribution is -0.207. The molecule has 4 rings (SSSR count). The number of amides is 2. The predicted octanol–water partition coefficient (Wildman–Crippen LogP) is 4.14. The van der Waals surface area contributed by atoms with E-state index in [0.717, 1.165) is 11.1 Å². The number of aliphatic hydroxyl groups is 2. The summed E-state index contributed by atoms with van der Waals surface area (Å²) >= 11 is 0.